The number of nitriles is 1. The Bertz CT molecular complexity index is 677. The SMILES string of the molecule is CC1CC(C2=CC(C#N)=C(C(=O)O)CN2)=NC=C1C(=O)O. The highest BCUT2D eigenvalue weighted by Crippen LogP contribution is 2.24. The number of aliphatic imine (C=N–C) groups is 1. The molecule has 2 rings (SSSR count). The van der Waals surface area contributed by atoms with Crippen LogP contribution in [0.15, 0.2) is 39.7 Å². The standard InChI is InChI=1S/C14H13N3O4/c1-7-2-11(16-5-9(7)13(18)19)12-3-8(4-15)10(6-17-12)14(20)21/h3,5,7,17H,2,6H2,1H3,(H,18,19)(H,20,21). The van der Waals surface area contributed by atoms with E-state index in [-0.39, 0.29) is 29.2 Å². The van der Waals surface area contributed by atoms with Crippen LogP contribution in [0.4, 0.5) is 0 Å². The second-order valence-electron chi connectivity index (χ2n) is 4.79. The fourth-order valence-electron chi connectivity index (χ4n) is 2.21. The summed E-state index contributed by atoms with van der Waals surface area (Å²) in [6.45, 7) is 1.81. The van der Waals surface area contributed by atoms with Crippen molar-refractivity contribution in [3.05, 3.63) is 34.7 Å². The molecule has 0 aromatic carbocycles. The summed E-state index contributed by atoms with van der Waals surface area (Å²) in [6.07, 6.45) is 3.16. The molecule has 0 saturated heterocycles. The number of nitrogens with zero attached hydrogens (tertiary/aromatic N) is 2. The zero-order valence-electron chi connectivity index (χ0n) is 11.3. The van der Waals surface area contributed by atoms with Gasteiger partial charge in [0.15, 0.2) is 0 Å². The van der Waals surface area contributed by atoms with Crippen LogP contribution in [-0.2, 0) is 9.59 Å². The van der Waals surface area contributed by atoms with Gasteiger partial charge in [0.05, 0.1) is 34.2 Å². The lowest BCUT2D eigenvalue weighted by Gasteiger charge is -2.23. The Morgan fingerprint density at radius 3 is 2.67 bits per heavy atom. The monoisotopic (exact) mass is 287 g/mol. The molecule has 0 aromatic heterocycles. The first-order valence-corrected chi connectivity index (χ1v) is 6.26. The molecule has 2 aliphatic heterocycles. The van der Waals surface area contributed by atoms with Crippen molar-refractivity contribution in [3.8, 4) is 6.07 Å². The lowest BCUT2D eigenvalue weighted by Crippen LogP contribution is -2.31. The van der Waals surface area contributed by atoms with Gasteiger partial charge in [-0.3, -0.25) is 4.99 Å². The minimum atomic E-state index is -1.14. The third-order valence-electron chi connectivity index (χ3n) is 3.40. The molecule has 2 heterocycles. The van der Waals surface area contributed by atoms with Gasteiger partial charge in [-0.15, -0.1) is 0 Å². The first-order valence-electron chi connectivity index (χ1n) is 6.26. The third-order valence-corrected chi connectivity index (χ3v) is 3.40. The molecule has 0 spiro atoms. The van der Waals surface area contributed by atoms with E-state index in [9.17, 15) is 9.59 Å². The van der Waals surface area contributed by atoms with Crippen LogP contribution in [0.3, 0.4) is 0 Å². The zero-order valence-corrected chi connectivity index (χ0v) is 11.3. The molecule has 0 saturated carbocycles. The number of aliphatic carboxylic acids is 2. The molecule has 0 bridgehead atoms. The molecule has 0 fully saturated rings. The van der Waals surface area contributed by atoms with E-state index >= 15 is 0 Å². The molecule has 7 nitrogen and oxygen atoms in total. The molecule has 2 aliphatic rings. The molecule has 0 amide bonds. The molecule has 0 radical (unpaired) electrons. The fourth-order valence-corrected chi connectivity index (χ4v) is 2.21. The van der Waals surface area contributed by atoms with Gasteiger partial charge in [-0.25, -0.2) is 9.59 Å². The van der Waals surface area contributed by atoms with Crippen molar-refractivity contribution in [1.29, 1.82) is 5.26 Å². The van der Waals surface area contributed by atoms with Crippen LogP contribution >= 0.6 is 0 Å². The summed E-state index contributed by atoms with van der Waals surface area (Å²) in [4.78, 5) is 26.1. The normalized spacial score (nSPS) is 21.5. The number of carboxylic acids is 2. The van der Waals surface area contributed by atoms with Crippen molar-refractivity contribution in [2.24, 2.45) is 10.9 Å². The summed E-state index contributed by atoms with van der Waals surface area (Å²) >= 11 is 0. The number of rotatable bonds is 3. The Labute approximate surface area is 120 Å². The maximum absolute atomic E-state index is 11.0. The Balaban J connectivity index is 2.35. The maximum Gasteiger partial charge on any atom is 0.334 e. The lowest BCUT2D eigenvalue weighted by molar-refractivity contribution is -0.134. The van der Waals surface area contributed by atoms with Crippen LogP contribution in [0, 0.1) is 17.2 Å². The predicted molar refractivity (Wildman–Crippen MR) is 73.3 cm³/mol. The van der Waals surface area contributed by atoms with Gasteiger partial charge in [0, 0.05) is 12.7 Å². The Morgan fingerprint density at radius 2 is 2.14 bits per heavy atom. The average Bonchev–Trinajstić information content (AvgIpc) is 2.45. The van der Waals surface area contributed by atoms with E-state index in [1.54, 1.807) is 6.92 Å². The summed E-state index contributed by atoms with van der Waals surface area (Å²) in [6, 6.07) is 1.86. The topological polar surface area (TPSA) is 123 Å². The highest BCUT2D eigenvalue weighted by molar-refractivity contribution is 6.04. The number of nitrogens with one attached hydrogen (secondary N) is 1. The summed E-state index contributed by atoms with van der Waals surface area (Å²) in [7, 11) is 0. The minimum Gasteiger partial charge on any atom is -0.478 e. The number of allylic oxidation sites excluding steroid dienone is 3. The summed E-state index contributed by atoms with van der Waals surface area (Å²) in [5.41, 5.74) is 1.50. The average molecular weight is 287 g/mol. The molecule has 0 aliphatic carbocycles. The Kier molecular flexibility index (Phi) is 3.89. The molecule has 108 valence electrons. The van der Waals surface area contributed by atoms with Gasteiger partial charge in [0.25, 0.3) is 0 Å². The van der Waals surface area contributed by atoms with Gasteiger partial charge >= 0.3 is 11.9 Å². The highest BCUT2D eigenvalue weighted by atomic mass is 16.4. The first-order chi connectivity index (χ1) is 9.93. The summed E-state index contributed by atoms with van der Waals surface area (Å²) in [5.74, 6) is -2.34. The smallest absolute Gasteiger partial charge is 0.334 e. The van der Waals surface area contributed by atoms with Crippen molar-refractivity contribution in [1.82, 2.24) is 5.32 Å². The zero-order chi connectivity index (χ0) is 15.6. The van der Waals surface area contributed by atoms with E-state index in [2.05, 4.69) is 10.3 Å². The molecule has 0 aromatic rings. The van der Waals surface area contributed by atoms with Crippen LogP contribution in [0.2, 0.25) is 0 Å². The van der Waals surface area contributed by atoms with Crippen LogP contribution in [0.25, 0.3) is 0 Å². The fraction of sp³-hybridized carbons (Fsp3) is 0.286. The summed E-state index contributed by atoms with van der Waals surface area (Å²) in [5, 5.41) is 29.9. The van der Waals surface area contributed by atoms with Crippen LogP contribution in [0.5, 0.6) is 0 Å². The molecule has 1 atom stereocenters. The second kappa shape index (κ2) is 5.63. The number of dihydropyridines is 1. The quantitative estimate of drug-likeness (QED) is 0.706. The van der Waals surface area contributed by atoms with Gasteiger partial charge < -0.3 is 15.5 Å². The third kappa shape index (κ3) is 2.84. The van der Waals surface area contributed by atoms with Crippen molar-refractivity contribution in [2.45, 2.75) is 13.3 Å². The minimum absolute atomic E-state index is 0.00692. The van der Waals surface area contributed by atoms with Gasteiger partial charge in [-0.2, -0.15) is 5.26 Å². The van der Waals surface area contributed by atoms with Crippen LogP contribution in [0.1, 0.15) is 13.3 Å². The number of carbonyl (C=O) groups is 2. The molecular formula is C14H13N3O4. The molecule has 1 unspecified atom stereocenters. The van der Waals surface area contributed by atoms with E-state index in [1.165, 1.54) is 12.3 Å². The molecular weight excluding hydrogens is 274 g/mol. The van der Waals surface area contributed by atoms with Crippen molar-refractivity contribution >= 4 is 17.7 Å². The van der Waals surface area contributed by atoms with Gasteiger partial charge in [0.2, 0.25) is 0 Å². The second-order valence-corrected chi connectivity index (χ2v) is 4.79. The predicted octanol–water partition coefficient (Wildman–Crippen LogP) is 0.828. The lowest BCUT2D eigenvalue weighted by atomic mass is 9.91. The largest absolute Gasteiger partial charge is 0.478 e. The van der Waals surface area contributed by atoms with Crippen LogP contribution < -0.4 is 5.32 Å². The van der Waals surface area contributed by atoms with Gasteiger partial charge in [0.1, 0.15) is 0 Å². The van der Waals surface area contributed by atoms with Crippen molar-refractivity contribution < 1.29 is 19.8 Å². The first kappa shape index (κ1) is 14.5. The van der Waals surface area contributed by atoms with Gasteiger partial charge in [-0.05, 0) is 18.4 Å². The molecule has 7 heteroatoms. The molecule has 3 N–H and O–H groups in total. The number of hydrogen-bond donors (Lipinski definition) is 3. The summed E-state index contributed by atoms with van der Waals surface area (Å²) < 4.78 is 0. The van der Waals surface area contributed by atoms with E-state index in [1.807, 2.05) is 6.07 Å². The highest BCUT2D eigenvalue weighted by Gasteiger charge is 2.26. The van der Waals surface area contributed by atoms with Crippen molar-refractivity contribution in [2.75, 3.05) is 6.54 Å². The maximum atomic E-state index is 11.0. The van der Waals surface area contributed by atoms with Crippen LogP contribution in [-0.4, -0.2) is 34.4 Å². The van der Waals surface area contributed by atoms with Gasteiger partial charge in [-0.1, -0.05) is 6.92 Å². The van der Waals surface area contributed by atoms with E-state index in [4.69, 9.17) is 15.5 Å². The Morgan fingerprint density at radius 1 is 1.43 bits per heavy atom. The molecule has 21 heavy (non-hydrogen) atoms. The van der Waals surface area contributed by atoms with Crippen molar-refractivity contribution in [3.63, 3.8) is 0 Å². The van der Waals surface area contributed by atoms with E-state index < -0.39 is 11.9 Å². The number of carboxylic acid groups (broad SMARTS) is 2. The van der Waals surface area contributed by atoms with E-state index in [0.717, 1.165) is 0 Å². The Hall–Kier alpha value is -2.88. The number of hydrogen-bond acceptors (Lipinski definition) is 5. The van der Waals surface area contributed by atoms with E-state index in [0.29, 0.717) is 17.8 Å².